The SMILES string of the molecule is CNCCC(=O)Nc1ccc(NC(=O)C2CCCO2)cc1.Cl. The van der Waals surface area contributed by atoms with E-state index in [2.05, 4.69) is 16.0 Å². The lowest BCUT2D eigenvalue weighted by Crippen LogP contribution is -2.26. The van der Waals surface area contributed by atoms with E-state index in [4.69, 9.17) is 4.74 Å². The van der Waals surface area contributed by atoms with E-state index in [1.165, 1.54) is 0 Å². The molecule has 1 aliphatic rings. The van der Waals surface area contributed by atoms with Crippen molar-refractivity contribution in [1.82, 2.24) is 5.32 Å². The largest absolute Gasteiger partial charge is 0.368 e. The third kappa shape index (κ3) is 5.63. The number of amides is 2. The minimum Gasteiger partial charge on any atom is -0.368 e. The first-order valence-electron chi connectivity index (χ1n) is 7.16. The molecule has 1 unspecified atom stereocenters. The van der Waals surface area contributed by atoms with Gasteiger partial charge in [-0.1, -0.05) is 0 Å². The van der Waals surface area contributed by atoms with Crippen LogP contribution in [0.2, 0.25) is 0 Å². The molecule has 1 saturated heterocycles. The van der Waals surface area contributed by atoms with Crippen molar-refractivity contribution in [3.05, 3.63) is 24.3 Å². The molecule has 3 N–H and O–H groups in total. The molecule has 2 amide bonds. The fraction of sp³-hybridized carbons (Fsp3) is 0.467. The van der Waals surface area contributed by atoms with Gasteiger partial charge in [-0.2, -0.15) is 0 Å². The summed E-state index contributed by atoms with van der Waals surface area (Å²) in [7, 11) is 1.80. The highest BCUT2D eigenvalue weighted by Crippen LogP contribution is 2.17. The first-order valence-corrected chi connectivity index (χ1v) is 7.16. The van der Waals surface area contributed by atoms with Crippen molar-refractivity contribution in [2.75, 3.05) is 30.8 Å². The zero-order chi connectivity index (χ0) is 15.1. The minimum atomic E-state index is -0.342. The van der Waals surface area contributed by atoms with Gasteiger partial charge in [0.15, 0.2) is 0 Å². The zero-order valence-corrected chi connectivity index (χ0v) is 13.4. The van der Waals surface area contributed by atoms with Crippen LogP contribution in [0.3, 0.4) is 0 Å². The van der Waals surface area contributed by atoms with Gasteiger partial charge in [-0.05, 0) is 44.2 Å². The Balaban J connectivity index is 0.00000242. The number of benzene rings is 1. The predicted molar refractivity (Wildman–Crippen MR) is 88.5 cm³/mol. The Kier molecular flexibility index (Phi) is 7.87. The van der Waals surface area contributed by atoms with Gasteiger partial charge >= 0.3 is 0 Å². The van der Waals surface area contributed by atoms with E-state index in [0.717, 1.165) is 12.8 Å². The molecule has 122 valence electrons. The molecular weight excluding hydrogens is 306 g/mol. The maximum Gasteiger partial charge on any atom is 0.253 e. The normalized spacial score (nSPS) is 16.7. The Hall–Kier alpha value is -1.63. The summed E-state index contributed by atoms with van der Waals surface area (Å²) < 4.78 is 5.33. The van der Waals surface area contributed by atoms with E-state index in [-0.39, 0.29) is 30.3 Å². The lowest BCUT2D eigenvalue weighted by Gasteiger charge is -2.11. The van der Waals surface area contributed by atoms with Gasteiger partial charge in [0, 0.05) is 30.9 Å². The number of rotatable bonds is 6. The number of hydrogen-bond donors (Lipinski definition) is 3. The monoisotopic (exact) mass is 327 g/mol. The number of anilines is 2. The number of carbonyl (C=O) groups excluding carboxylic acids is 2. The Morgan fingerprint density at radius 1 is 1.18 bits per heavy atom. The maximum atomic E-state index is 11.9. The molecule has 0 aliphatic carbocycles. The fourth-order valence-corrected chi connectivity index (χ4v) is 2.11. The smallest absolute Gasteiger partial charge is 0.253 e. The summed E-state index contributed by atoms with van der Waals surface area (Å²) in [6, 6.07) is 7.06. The van der Waals surface area contributed by atoms with E-state index in [0.29, 0.717) is 30.9 Å². The van der Waals surface area contributed by atoms with E-state index in [1.54, 1.807) is 31.3 Å². The van der Waals surface area contributed by atoms with Crippen LogP contribution < -0.4 is 16.0 Å². The molecule has 1 fully saturated rings. The van der Waals surface area contributed by atoms with Gasteiger partial charge in [0.05, 0.1) is 0 Å². The van der Waals surface area contributed by atoms with Crippen LogP contribution in [0.1, 0.15) is 19.3 Å². The first-order chi connectivity index (χ1) is 10.2. The van der Waals surface area contributed by atoms with Crippen LogP contribution in [-0.4, -0.2) is 38.1 Å². The first kappa shape index (κ1) is 18.4. The van der Waals surface area contributed by atoms with Gasteiger partial charge in [0.25, 0.3) is 5.91 Å². The molecule has 0 bridgehead atoms. The molecule has 1 heterocycles. The third-order valence-corrected chi connectivity index (χ3v) is 3.26. The van der Waals surface area contributed by atoms with E-state index >= 15 is 0 Å². The highest BCUT2D eigenvalue weighted by Gasteiger charge is 2.23. The second-order valence-corrected chi connectivity index (χ2v) is 4.97. The molecule has 1 aliphatic heterocycles. The lowest BCUT2D eigenvalue weighted by molar-refractivity contribution is -0.124. The van der Waals surface area contributed by atoms with Gasteiger partial charge < -0.3 is 20.7 Å². The molecule has 7 heteroatoms. The average molecular weight is 328 g/mol. The fourth-order valence-electron chi connectivity index (χ4n) is 2.11. The summed E-state index contributed by atoms with van der Waals surface area (Å²) in [5.41, 5.74) is 1.41. The number of carbonyl (C=O) groups is 2. The lowest BCUT2D eigenvalue weighted by atomic mass is 10.2. The standard InChI is InChI=1S/C15H21N3O3.ClH/c1-16-9-8-14(19)17-11-4-6-12(7-5-11)18-15(20)13-3-2-10-21-13;/h4-7,13,16H,2-3,8-10H2,1H3,(H,17,19)(H,18,20);1H. The van der Waals surface area contributed by atoms with Gasteiger partial charge in [0.1, 0.15) is 6.10 Å². The van der Waals surface area contributed by atoms with Crippen LogP contribution in [0.5, 0.6) is 0 Å². The van der Waals surface area contributed by atoms with E-state index in [9.17, 15) is 9.59 Å². The van der Waals surface area contributed by atoms with Gasteiger partial charge in [0.2, 0.25) is 5.91 Å². The van der Waals surface area contributed by atoms with Crippen molar-refractivity contribution in [2.45, 2.75) is 25.4 Å². The topological polar surface area (TPSA) is 79.5 Å². The summed E-state index contributed by atoms with van der Waals surface area (Å²) in [6.07, 6.45) is 1.78. The molecule has 6 nitrogen and oxygen atoms in total. The molecule has 1 atom stereocenters. The summed E-state index contributed by atoms with van der Waals surface area (Å²) in [4.78, 5) is 23.5. The van der Waals surface area contributed by atoms with Crippen LogP contribution in [0.4, 0.5) is 11.4 Å². The van der Waals surface area contributed by atoms with E-state index in [1.807, 2.05) is 0 Å². The molecule has 1 aromatic rings. The number of ether oxygens (including phenoxy) is 1. The van der Waals surface area contributed by atoms with Crippen molar-refractivity contribution in [3.8, 4) is 0 Å². The van der Waals surface area contributed by atoms with Crippen LogP contribution >= 0.6 is 12.4 Å². The molecule has 2 rings (SSSR count). The third-order valence-electron chi connectivity index (χ3n) is 3.26. The van der Waals surface area contributed by atoms with Gasteiger partial charge in [-0.3, -0.25) is 9.59 Å². The average Bonchev–Trinajstić information content (AvgIpc) is 3.01. The Labute approximate surface area is 136 Å². The van der Waals surface area contributed by atoms with E-state index < -0.39 is 0 Å². The number of hydrogen-bond acceptors (Lipinski definition) is 4. The number of halogens is 1. The molecule has 0 saturated carbocycles. The van der Waals surface area contributed by atoms with Crippen LogP contribution in [0, 0.1) is 0 Å². The Morgan fingerprint density at radius 3 is 2.36 bits per heavy atom. The quantitative estimate of drug-likeness (QED) is 0.744. The molecule has 0 radical (unpaired) electrons. The van der Waals surface area contributed by atoms with Gasteiger partial charge in [-0.25, -0.2) is 0 Å². The second kappa shape index (κ2) is 9.40. The maximum absolute atomic E-state index is 11.9. The Bertz CT molecular complexity index is 487. The van der Waals surface area contributed by atoms with Crippen LogP contribution in [-0.2, 0) is 14.3 Å². The molecular formula is C15H22ClN3O3. The zero-order valence-electron chi connectivity index (χ0n) is 12.6. The van der Waals surface area contributed by atoms with Crippen molar-refractivity contribution in [1.29, 1.82) is 0 Å². The van der Waals surface area contributed by atoms with Crippen molar-refractivity contribution in [2.24, 2.45) is 0 Å². The van der Waals surface area contributed by atoms with Crippen molar-refractivity contribution in [3.63, 3.8) is 0 Å². The van der Waals surface area contributed by atoms with Gasteiger partial charge in [-0.15, -0.1) is 12.4 Å². The summed E-state index contributed by atoms with van der Waals surface area (Å²) in [5.74, 6) is -0.154. The number of nitrogens with one attached hydrogen (secondary N) is 3. The highest BCUT2D eigenvalue weighted by atomic mass is 35.5. The molecule has 1 aromatic carbocycles. The predicted octanol–water partition coefficient (Wildman–Crippen LogP) is 1.77. The summed E-state index contributed by atoms with van der Waals surface area (Å²) in [5, 5.41) is 8.53. The van der Waals surface area contributed by atoms with Crippen LogP contribution in [0.25, 0.3) is 0 Å². The second-order valence-electron chi connectivity index (χ2n) is 4.97. The van der Waals surface area contributed by atoms with Crippen molar-refractivity contribution < 1.29 is 14.3 Å². The Morgan fingerprint density at radius 2 is 1.82 bits per heavy atom. The minimum absolute atomic E-state index is 0. The highest BCUT2D eigenvalue weighted by molar-refractivity contribution is 5.95. The van der Waals surface area contributed by atoms with Crippen molar-refractivity contribution >= 4 is 35.6 Å². The summed E-state index contributed by atoms with van der Waals surface area (Å²) in [6.45, 7) is 1.29. The molecule has 0 aromatic heterocycles. The molecule has 22 heavy (non-hydrogen) atoms. The van der Waals surface area contributed by atoms with Crippen LogP contribution in [0.15, 0.2) is 24.3 Å². The summed E-state index contributed by atoms with van der Waals surface area (Å²) >= 11 is 0. The molecule has 0 spiro atoms.